The standard InChI is InChI=1S/C15H18N6O2/c16-14(22)11-2-1-7-20(8-11)15(23)19-12-3-5-13(6-4-12)21-10-17-9-18-21/h3-6,9-11H,1-2,7-8H2,(H2,16,22)(H,19,23). The topological polar surface area (TPSA) is 106 Å². The molecule has 1 aromatic heterocycles. The van der Waals surface area contributed by atoms with Crippen LogP contribution in [0.2, 0.25) is 0 Å². The molecule has 3 N–H and O–H groups in total. The molecule has 1 saturated heterocycles. The number of aromatic nitrogens is 3. The quantitative estimate of drug-likeness (QED) is 0.881. The summed E-state index contributed by atoms with van der Waals surface area (Å²) in [5, 5.41) is 6.87. The molecule has 1 fully saturated rings. The van der Waals surface area contributed by atoms with Crippen molar-refractivity contribution in [3.8, 4) is 5.69 Å². The van der Waals surface area contributed by atoms with Crippen LogP contribution in [0.25, 0.3) is 5.69 Å². The third-order valence-electron chi connectivity index (χ3n) is 3.91. The SMILES string of the molecule is NC(=O)C1CCCN(C(=O)Nc2ccc(-n3cncn3)cc2)C1. The number of amides is 3. The van der Waals surface area contributed by atoms with Crippen LogP contribution in [-0.4, -0.2) is 44.7 Å². The van der Waals surface area contributed by atoms with E-state index in [1.54, 1.807) is 28.0 Å². The normalized spacial score (nSPS) is 17.7. The number of piperidine rings is 1. The molecular weight excluding hydrogens is 296 g/mol. The third kappa shape index (κ3) is 3.47. The van der Waals surface area contributed by atoms with Crippen molar-refractivity contribution in [1.82, 2.24) is 19.7 Å². The van der Waals surface area contributed by atoms with Gasteiger partial charge in [0.25, 0.3) is 0 Å². The lowest BCUT2D eigenvalue weighted by molar-refractivity contribution is -0.123. The van der Waals surface area contributed by atoms with Crippen molar-refractivity contribution < 1.29 is 9.59 Å². The Kier molecular flexibility index (Phi) is 4.22. The van der Waals surface area contributed by atoms with Crippen molar-refractivity contribution in [2.45, 2.75) is 12.8 Å². The molecule has 0 bridgehead atoms. The number of nitrogens with two attached hydrogens (primary N) is 1. The zero-order valence-electron chi connectivity index (χ0n) is 12.6. The number of hydrogen-bond donors (Lipinski definition) is 2. The van der Waals surface area contributed by atoms with Crippen molar-refractivity contribution >= 4 is 17.6 Å². The summed E-state index contributed by atoms with van der Waals surface area (Å²) in [6, 6.07) is 7.05. The van der Waals surface area contributed by atoms with E-state index in [2.05, 4.69) is 15.4 Å². The summed E-state index contributed by atoms with van der Waals surface area (Å²) in [5.74, 6) is -0.608. The zero-order chi connectivity index (χ0) is 16.2. The maximum absolute atomic E-state index is 12.3. The van der Waals surface area contributed by atoms with E-state index < -0.39 is 0 Å². The fraction of sp³-hybridized carbons (Fsp3) is 0.333. The fourth-order valence-electron chi connectivity index (χ4n) is 2.64. The summed E-state index contributed by atoms with van der Waals surface area (Å²) >= 11 is 0. The summed E-state index contributed by atoms with van der Waals surface area (Å²) in [4.78, 5) is 29.1. The molecule has 1 aliphatic rings. The number of urea groups is 1. The molecule has 1 aromatic carbocycles. The summed E-state index contributed by atoms with van der Waals surface area (Å²) in [6.07, 6.45) is 4.59. The van der Waals surface area contributed by atoms with Gasteiger partial charge in [-0.25, -0.2) is 14.5 Å². The molecule has 0 spiro atoms. The van der Waals surface area contributed by atoms with Gasteiger partial charge in [-0.05, 0) is 37.1 Å². The Morgan fingerprint density at radius 1 is 1.26 bits per heavy atom. The van der Waals surface area contributed by atoms with E-state index in [9.17, 15) is 9.59 Å². The second-order valence-corrected chi connectivity index (χ2v) is 5.50. The highest BCUT2D eigenvalue weighted by atomic mass is 16.2. The summed E-state index contributed by atoms with van der Waals surface area (Å²) in [5.41, 5.74) is 6.87. The number of hydrogen-bond acceptors (Lipinski definition) is 4. The van der Waals surface area contributed by atoms with Crippen molar-refractivity contribution in [1.29, 1.82) is 0 Å². The lowest BCUT2D eigenvalue weighted by Crippen LogP contribution is -2.45. The number of anilines is 1. The first kappa shape index (κ1) is 15.0. The van der Waals surface area contributed by atoms with E-state index in [1.807, 2.05) is 12.1 Å². The predicted octanol–water partition coefficient (Wildman–Crippen LogP) is 0.996. The highest BCUT2D eigenvalue weighted by molar-refractivity contribution is 5.90. The van der Waals surface area contributed by atoms with Gasteiger partial charge in [0.05, 0.1) is 11.6 Å². The Morgan fingerprint density at radius 2 is 2.04 bits per heavy atom. The minimum atomic E-state index is -0.348. The van der Waals surface area contributed by atoms with Crippen LogP contribution in [0.3, 0.4) is 0 Å². The van der Waals surface area contributed by atoms with Crippen molar-refractivity contribution in [3.05, 3.63) is 36.9 Å². The lowest BCUT2D eigenvalue weighted by Gasteiger charge is -2.31. The largest absolute Gasteiger partial charge is 0.369 e. The molecule has 23 heavy (non-hydrogen) atoms. The summed E-state index contributed by atoms with van der Waals surface area (Å²) in [7, 11) is 0. The van der Waals surface area contributed by atoms with Gasteiger partial charge in [0, 0.05) is 18.8 Å². The third-order valence-corrected chi connectivity index (χ3v) is 3.91. The van der Waals surface area contributed by atoms with Crippen LogP contribution in [0.1, 0.15) is 12.8 Å². The van der Waals surface area contributed by atoms with E-state index in [-0.39, 0.29) is 17.9 Å². The van der Waals surface area contributed by atoms with Crippen LogP contribution in [0, 0.1) is 5.92 Å². The molecule has 3 amide bonds. The molecule has 0 saturated carbocycles. The molecular formula is C15H18N6O2. The molecule has 1 unspecified atom stereocenters. The van der Waals surface area contributed by atoms with Crippen molar-refractivity contribution in [2.75, 3.05) is 18.4 Å². The second-order valence-electron chi connectivity index (χ2n) is 5.50. The van der Waals surface area contributed by atoms with E-state index >= 15 is 0 Å². The number of rotatable bonds is 3. The Balaban J connectivity index is 1.62. The van der Waals surface area contributed by atoms with Gasteiger partial charge < -0.3 is 16.0 Å². The monoisotopic (exact) mass is 314 g/mol. The number of primary amides is 1. The van der Waals surface area contributed by atoms with Crippen LogP contribution in [-0.2, 0) is 4.79 Å². The van der Waals surface area contributed by atoms with Gasteiger partial charge in [-0.1, -0.05) is 0 Å². The molecule has 3 rings (SSSR count). The first-order valence-electron chi connectivity index (χ1n) is 7.44. The average molecular weight is 314 g/mol. The molecule has 1 aliphatic heterocycles. The Bertz CT molecular complexity index is 683. The van der Waals surface area contributed by atoms with Gasteiger partial charge in [0.2, 0.25) is 5.91 Å². The molecule has 8 heteroatoms. The number of likely N-dealkylation sites (tertiary alicyclic amines) is 1. The van der Waals surface area contributed by atoms with E-state index in [0.29, 0.717) is 18.8 Å². The van der Waals surface area contributed by atoms with E-state index in [4.69, 9.17) is 5.73 Å². The first-order valence-corrected chi connectivity index (χ1v) is 7.44. The number of carbonyl (C=O) groups excluding carboxylic acids is 2. The molecule has 0 aliphatic carbocycles. The minimum Gasteiger partial charge on any atom is -0.369 e. The Labute approximate surface area is 133 Å². The van der Waals surface area contributed by atoms with Gasteiger partial charge in [-0.2, -0.15) is 5.10 Å². The van der Waals surface area contributed by atoms with Crippen LogP contribution >= 0.6 is 0 Å². The lowest BCUT2D eigenvalue weighted by atomic mass is 9.98. The molecule has 2 aromatic rings. The van der Waals surface area contributed by atoms with Crippen LogP contribution in [0.4, 0.5) is 10.5 Å². The van der Waals surface area contributed by atoms with Crippen LogP contribution in [0.5, 0.6) is 0 Å². The van der Waals surface area contributed by atoms with Crippen molar-refractivity contribution in [2.24, 2.45) is 11.7 Å². The molecule has 0 radical (unpaired) electrons. The highest BCUT2D eigenvalue weighted by Gasteiger charge is 2.26. The van der Waals surface area contributed by atoms with Gasteiger partial charge >= 0.3 is 6.03 Å². The summed E-state index contributed by atoms with van der Waals surface area (Å²) in [6.45, 7) is 1.00. The highest BCUT2D eigenvalue weighted by Crippen LogP contribution is 2.18. The Hall–Kier alpha value is -2.90. The zero-order valence-corrected chi connectivity index (χ0v) is 12.6. The average Bonchev–Trinajstić information content (AvgIpc) is 3.10. The van der Waals surface area contributed by atoms with Crippen LogP contribution in [0.15, 0.2) is 36.9 Å². The van der Waals surface area contributed by atoms with E-state index in [1.165, 1.54) is 6.33 Å². The van der Waals surface area contributed by atoms with Gasteiger partial charge in [0.15, 0.2) is 0 Å². The maximum atomic E-state index is 12.3. The Morgan fingerprint density at radius 3 is 2.70 bits per heavy atom. The number of carbonyl (C=O) groups is 2. The molecule has 2 heterocycles. The first-order chi connectivity index (χ1) is 11.1. The molecule has 120 valence electrons. The predicted molar refractivity (Wildman–Crippen MR) is 83.9 cm³/mol. The van der Waals surface area contributed by atoms with Gasteiger partial charge in [0.1, 0.15) is 12.7 Å². The van der Waals surface area contributed by atoms with E-state index in [0.717, 1.165) is 18.5 Å². The number of nitrogens with one attached hydrogen (secondary N) is 1. The maximum Gasteiger partial charge on any atom is 0.321 e. The number of nitrogens with zero attached hydrogens (tertiary/aromatic N) is 4. The minimum absolute atomic E-state index is 0.218. The van der Waals surface area contributed by atoms with Crippen molar-refractivity contribution in [3.63, 3.8) is 0 Å². The number of benzene rings is 1. The van der Waals surface area contributed by atoms with Gasteiger partial charge in [-0.3, -0.25) is 4.79 Å². The smallest absolute Gasteiger partial charge is 0.321 e. The molecule has 8 nitrogen and oxygen atoms in total. The molecule has 1 atom stereocenters. The summed E-state index contributed by atoms with van der Waals surface area (Å²) < 4.78 is 1.63. The van der Waals surface area contributed by atoms with Crippen LogP contribution < -0.4 is 11.1 Å². The fourth-order valence-corrected chi connectivity index (χ4v) is 2.64. The second kappa shape index (κ2) is 6.47. The van der Waals surface area contributed by atoms with Gasteiger partial charge in [-0.15, -0.1) is 0 Å².